The maximum absolute atomic E-state index is 3.30. The fraction of sp³-hybridized carbons (Fsp3) is 0.600. The van der Waals surface area contributed by atoms with Gasteiger partial charge in [0, 0.05) is 38.3 Å². The Morgan fingerprint density at radius 3 is 2.67 bits per heavy atom. The lowest BCUT2D eigenvalue weighted by atomic mass is 10.0. The van der Waals surface area contributed by atoms with Gasteiger partial charge >= 0.3 is 0 Å². The largest absolute Gasteiger partial charge is 0.318 e. The lowest BCUT2D eigenvalue weighted by molar-refractivity contribution is 0.0698. The molecule has 1 aromatic carbocycles. The van der Waals surface area contributed by atoms with Crippen LogP contribution < -0.4 is 5.32 Å². The molecule has 1 fully saturated rings. The number of piperazine rings is 1. The number of likely N-dealkylation sites (N-methyl/N-ethyl adjacent to an activating group) is 2. The van der Waals surface area contributed by atoms with E-state index in [0.717, 1.165) is 26.2 Å². The van der Waals surface area contributed by atoms with Crippen LogP contribution >= 0.6 is 0 Å². The Balaban J connectivity index is 2.01. The van der Waals surface area contributed by atoms with Crippen molar-refractivity contribution in [1.29, 1.82) is 0 Å². The minimum Gasteiger partial charge on any atom is -0.318 e. The van der Waals surface area contributed by atoms with Gasteiger partial charge in [-0.3, -0.25) is 9.80 Å². The quantitative estimate of drug-likeness (QED) is 0.871. The van der Waals surface area contributed by atoms with E-state index in [2.05, 4.69) is 59.4 Å². The van der Waals surface area contributed by atoms with Gasteiger partial charge in [-0.2, -0.15) is 0 Å². The number of rotatable bonds is 4. The SMILES string of the molecule is CNCC1CN(C(C)c2ccccc2)CCN1C. The van der Waals surface area contributed by atoms with Crippen LogP contribution in [0, 0.1) is 0 Å². The fourth-order valence-corrected chi connectivity index (χ4v) is 2.72. The first-order valence-corrected chi connectivity index (χ1v) is 6.86. The smallest absolute Gasteiger partial charge is 0.0345 e. The van der Waals surface area contributed by atoms with Crippen molar-refractivity contribution in [3.8, 4) is 0 Å². The van der Waals surface area contributed by atoms with Gasteiger partial charge < -0.3 is 5.32 Å². The molecule has 3 heteroatoms. The number of hydrogen-bond acceptors (Lipinski definition) is 3. The van der Waals surface area contributed by atoms with Crippen molar-refractivity contribution < 1.29 is 0 Å². The first-order chi connectivity index (χ1) is 8.72. The van der Waals surface area contributed by atoms with E-state index in [4.69, 9.17) is 0 Å². The molecule has 2 rings (SSSR count). The number of hydrogen-bond donors (Lipinski definition) is 1. The molecule has 100 valence electrons. The predicted molar refractivity (Wildman–Crippen MR) is 76.8 cm³/mol. The van der Waals surface area contributed by atoms with Crippen LogP contribution in [0.25, 0.3) is 0 Å². The Hall–Kier alpha value is -0.900. The minimum atomic E-state index is 0.513. The van der Waals surface area contributed by atoms with Crippen LogP contribution in [0.3, 0.4) is 0 Å². The van der Waals surface area contributed by atoms with Crippen molar-refractivity contribution in [2.24, 2.45) is 0 Å². The third kappa shape index (κ3) is 3.10. The van der Waals surface area contributed by atoms with Gasteiger partial charge in [-0.1, -0.05) is 30.3 Å². The molecule has 3 nitrogen and oxygen atoms in total. The molecule has 2 unspecified atom stereocenters. The third-order valence-electron chi connectivity index (χ3n) is 4.08. The Labute approximate surface area is 111 Å². The molecule has 0 aromatic heterocycles. The summed E-state index contributed by atoms with van der Waals surface area (Å²) in [5, 5.41) is 3.30. The first kappa shape index (κ1) is 13.5. The maximum Gasteiger partial charge on any atom is 0.0345 e. The molecule has 1 saturated heterocycles. The molecule has 2 atom stereocenters. The van der Waals surface area contributed by atoms with Crippen LogP contribution in [0.2, 0.25) is 0 Å². The van der Waals surface area contributed by atoms with Gasteiger partial charge in [0.25, 0.3) is 0 Å². The van der Waals surface area contributed by atoms with Gasteiger partial charge in [0.1, 0.15) is 0 Å². The summed E-state index contributed by atoms with van der Waals surface area (Å²) in [4.78, 5) is 5.06. The van der Waals surface area contributed by atoms with E-state index < -0.39 is 0 Å². The van der Waals surface area contributed by atoms with Gasteiger partial charge in [-0.15, -0.1) is 0 Å². The standard InChI is InChI=1S/C15H25N3/c1-13(14-7-5-4-6-8-14)18-10-9-17(3)15(12-18)11-16-2/h4-8,13,15-16H,9-12H2,1-3H3. The minimum absolute atomic E-state index is 0.513. The molecule has 1 heterocycles. The molecule has 0 amide bonds. The summed E-state index contributed by atoms with van der Waals surface area (Å²) in [6, 6.07) is 11.9. The molecular formula is C15H25N3. The second-order valence-corrected chi connectivity index (χ2v) is 5.27. The summed E-state index contributed by atoms with van der Waals surface area (Å²) >= 11 is 0. The molecule has 0 spiro atoms. The predicted octanol–water partition coefficient (Wildman–Crippen LogP) is 1.58. The third-order valence-corrected chi connectivity index (χ3v) is 4.08. The Kier molecular flexibility index (Phi) is 4.75. The molecule has 0 saturated carbocycles. The van der Waals surface area contributed by atoms with Crippen molar-refractivity contribution in [3.63, 3.8) is 0 Å². The first-order valence-electron chi connectivity index (χ1n) is 6.86. The van der Waals surface area contributed by atoms with Crippen molar-refractivity contribution in [2.75, 3.05) is 40.3 Å². The molecule has 1 aliphatic heterocycles. The van der Waals surface area contributed by atoms with Crippen LogP contribution in [-0.2, 0) is 0 Å². The van der Waals surface area contributed by atoms with Gasteiger partial charge in [0.15, 0.2) is 0 Å². The Morgan fingerprint density at radius 1 is 1.28 bits per heavy atom. The van der Waals surface area contributed by atoms with Crippen molar-refractivity contribution >= 4 is 0 Å². The lowest BCUT2D eigenvalue weighted by Crippen LogP contribution is -2.55. The zero-order chi connectivity index (χ0) is 13.0. The van der Waals surface area contributed by atoms with Crippen molar-refractivity contribution in [2.45, 2.75) is 19.0 Å². The summed E-state index contributed by atoms with van der Waals surface area (Å²) in [6.07, 6.45) is 0. The highest BCUT2D eigenvalue weighted by Crippen LogP contribution is 2.22. The number of nitrogens with zero attached hydrogens (tertiary/aromatic N) is 2. The van der Waals surface area contributed by atoms with Gasteiger partial charge in [-0.25, -0.2) is 0 Å². The second kappa shape index (κ2) is 6.32. The second-order valence-electron chi connectivity index (χ2n) is 5.27. The highest BCUT2D eigenvalue weighted by Gasteiger charge is 2.26. The van der Waals surface area contributed by atoms with Crippen LogP contribution in [-0.4, -0.2) is 56.1 Å². The zero-order valence-corrected chi connectivity index (χ0v) is 11.8. The van der Waals surface area contributed by atoms with E-state index in [1.807, 2.05) is 7.05 Å². The molecule has 1 aromatic rings. The summed E-state index contributed by atoms with van der Waals surface area (Å²) in [5.74, 6) is 0. The van der Waals surface area contributed by atoms with E-state index in [-0.39, 0.29) is 0 Å². The monoisotopic (exact) mass is 247 g/mol. The Bertz CT molecular complexity index is 352. The van der Waals surface area contributed by atoms with E-state index in [0.29, 0.717) is 12.1 Å². The van der Waals surface area contributed by atoms with E-state index in [1.54, 1.807) is 0 Å². The fourth-order valence-electron chi connectivity index (χ4n) is 2.72. The van der Waals surface area contributed by atoms with Gasteiger partial charge in [-0.05, 0) is 26.6 Å². The van der Waals surface area contributed by atoms with Gasteiger partial charge in [0.05, 0.1) is 0 Å². The summed E-state index contributed by atoms with van der Waals surface area (Å²) in [6.45, 7) is 6.84. The number of nitrogens with one attached hydrogen (secondary N) is 1. The topological polar surface area (TPSA) is 18.5 Å². The molecule has 18 heavy (non-hydrogen) atoms. The lowest BCUT2D eigenvalue weighted by Gasteiger charge is -2.42. The van der Waals surface area contributed by atoms with E-state index in [1.165, 1.54) is 5.56 Å². The normalized spacial score (nSPS) is 24.1. The summed E-state index contributed by atoms with van der Waals surface area (Å²) < 4.78 is 0. The maximum atomic E-state index is 3.30. The Morgan fingerprint density at radius 2 is 2.00 bits per heavy atom. The van der Waals surface area contributed by atoms with Crippen molar-refractivity contribution in [3.05, 3.63) is 35.9 Å². The highest BCUT2D eigenvalue weighted by atomic mass is 15.3. The molecular weight excluding hydrogens is 222 g/mol. The molecule has 0 aliphatic carbocycles. The van der Waals surface area contributed by atoms with Crippen LogP contribution in [0.1, 0.15) is 18.5 Å². The average Bonchev–Trinajstić information content (AvgIpc) is 2.42. The van der Waals surface area contributed by atoms with Crippen LogP contribution in [0.5, 0.6) is 0 Å². The highest BCUT2D eigenvalue weighted by molar-refractivity contribution is 5.18. The van der Waals surface area contributed by atoms with Crippen LogP contribution in [0.15, 0.2) is 30.3 Å². The van der Waals surface area contributed by atoms with Gasteiger partial charge in [0.2, 0.25) is 0 Å². The molecule has 1 aliphatic rings. The zero-order valence-electron chi connectivity index (χ0n) is 11.8. The number of benzene rings is 1. The van der Waals surface area contributed by atoms with Crippen molar-refractivity contribution in [1.82, 2.24) is 15.1 Å². The molecule has 0 bridgehead atoms. The summed E-state index contributed by atoms with van der Waals surface area (Å²) in [7, 11) is 4.26. The average molecular weight is 247 g/mol. The summed E-state index contributed by atoms with van der Waals surface area (Å²) in [5.41, 5.74) is 1.42. The van der Waals surface area contributed by atoms with E-state index in [9.17, 15) is 0 Å². The molecule has 1 N–H and O–H groups in total. The van der Waals surface area contributed by atoms with E-state index >= 15 is 0 Å². The molecule has 0 radical (unpaired) electrons. The van der Waals surface area contributed by atoms with Crippen LogP contribution in [0.4, 0.5) is 0 Å².